The molecule has 0 spiro atoms. The molecule has 1 aliphatic rings. The number of benzene rings is 2. The number of rotatable bonds is 5. The van der Waals surface area contributed by atoms with Gasteiger partial charge in [-0.25, -0.2) is 4.79 Å². The summed E-state index contributed by atoms with van der Waals surface area (Å²) in [7, 11) is 0. The summed E-state index contributed by atoms with van der Waals surface area (Å²) in [6.45, 7) is 6.39. The number of fused-ring (bicyclic) bond motifs is 1. The Kier molecular flexibility index (Phi) is 6.09. The highest BCUT2D eigenvalue weighted by molar-refractivity contribution is 6.32. The number of anilines is 1. The van der Waals surface area contributed by atoms with Crippen LogP contribution >= 0.6 is 11.6 Å². The van der Waals surface area contributed by atoms with Crippen LogP contribution in [0.15, 0.2) is 30.3 Å². The molecule has 0 fully saturated rings. The number of nitrogens with one attached hydrogen (secondary N) is 1. The highest BCUT2D eigenvalue weighted by Crippen LogP contribution is 2.38. The minimum atomic E-state index is -0.664. The van der Waals surface area contributed by atoms with E-state index in [4.69, 9.17) is 25.8 Å². The molecule has 0 aliphatic carbocycles. The van der Waals surface area contributed by atoms with Crippen molar-refractivity contribution in [1.82, 2.24) is 0 Å². The molecule has 6 nitrogen and oxygen atoms in total. The van der Waals surface area contributed by atoms with Gasteiger partial charge < -0.3 is 19.5 Å². The first-order valence-electron chi connectivity index (χ1n) is 9.02. The summed E-state index contributed by atoms with van der Waals surface area (Å²) in [5.74, 6) is -0.0340. The Labute approximate surface area is 168 Å². The second kappa shape index (κ2) is 8.52. The van der Waals surface area contributed by atoms with Crippen LogP contribution in [0.5, 0.6) is 11.5 Å². The van der Waals surface area contributed by atoms with Crippen LogP contribution in [0.4, 0.5) is 5.69 Å². The second-order valence-corrected chi connectivity index (χ2v) is 7.21. The van der Waals surface area contributed by atoms with Crippen molar-refractivity contribution in [2.45, 2.75) is 26.7 Å². The van der Waals surface area contributed by atoms with Gasteiger partial charge in [0.1, 0.15) is 13.2 Å². The van der Waals surface area contributed by atoms with Crippen LogP contribution in [0.1, 0.15) is 41.3 Å². The number of amides is 1. The van der Waals surface area contributed by atoms with Crippen LogP contribution in [0.2, 0.25) is 5.02 Å². The lowest BCUT2D eigenvalue weighted by Crippen LogP contribution is -2.22. The Bertz CT molecular complexity index is 910. The lowest BCUT2D eigenvalue weighted by atomic mass is 9.98. The van der Waals surface area contributed by atoms with Crippen LogP contribution in [0.3, 0.4) is 0 Å². The summed E-state index contributed by atoms with van der Waals surface area (Å²) in [5.41, 5.74) is 2.92. The molecule has 148 valence electrons. The average Bonchev–Trinajstić information content (AvgIpc) is 2.67. The van der Waals surface area contributed by atoms with E-state index in [0.717, 1.165) is 16.8 Å². The summed E-state index contributed by atoms with van der Waals surface area (Å²) < 4.78 is 16.0. The van der Waals surface area contributed by atoms with Gasteiger partial charge in [0.2, 0.25) is 0 Å². The van der Waals surface area contributed by atoms with Gasteiger partial charge in [-0.1, -0.05) is 43.6 Å². The van der Waals surface area contributed by atoms with Crippen molar-refractivity contribution in [3.05, 3.63) is 52.0 Å². The van der Waals surface area contributed by atoms with Gasteiger partial charge in [0.05, 0.1) is 10.6 Å². The molecule has 0 saturated carbocycles. The Hall–Kier alpha value is -2.73. The van der Waals surface area contributed by atoms with E-state index >= 15 is 0 Å². The molecule has 2 aromatic rings. The number of para-hydroxylation sites is 1. The Morgan fingerprint density at radius 3 is 2.71 bits per heavy atom. The molecule has 0 saturated heterocycles. The Balaban J connectivity index is 1.66. The average molecular weight is 404 g/mol. The first-order valence-corrected chi connectivity index (χ1v) is 9.40. The minimum absolute atomic E-state index is 0.195. The smallest absolute Gasteiger partial charge is 0.338 e. The molecule has 0 aromatic heterocycles. The summed E-state index contributed by atoms with van der Waals surface area (Å²) in [6.07, 6.45) is 0. The zero-order valence-corrected chi connectivity index (χ0v) is 16.8. The Morgan fingerprint density at radius 2 is 1.96 bits per heavy atom. The van der Waals surface area contributed by atoms with E-state index in [-0.39, 0.29) is 16.5 Å². The predicted octanol–water partition coefficient (Wildman–Crippen LogP) is 4.34. The van der Waals surface area contributed by atoms with Crippen LogP contribution in [0.25, 0.3) is 0 Å². The van der Waals surface area contributed by atoms with E-state index in [1.54, 1.807) is 0 Å². The maximum Gasteiger partial charge on any atom is 0.338 e. The molecule has 1 aliphatic heterocycles. The number of ether oxygens (including phenoxy) is 3. The third kappa shape index (κ3) is 4.39. The molecule has 0 radical (unpaired) electrons. The van der Waals surface area contributed by atoms with Crippen LogP contribution in [-0.4, -0.2) is 31.7 Å². The highest BCUT2D eigenvalue weighted by atomic mass is 35.5. The summed E-state index contributed by atoms with van der Waals surface area (Å²) >= 11 is 6.13. The summed E-state index contributed by atoms with van der Waals surface area (Å²) in [5, 5.41) is 3.10. The number of hydrogen-bond donors (Lipinski definition) is 1. The largest absolute Gasteiger partial charge is 0.486 e. The van der Waals surface area contributed by atoms with Gasteiger partial charge in [0.25, 0.3) is 5.91 Å². The summed E-state index contributed by atoms with van der Waals surface area (Å²) in [4.78, 5) is 24.6. The van der Waals surface area contributed by atoms with Gasteiger partial charge in [-0.2, -0.15) is 0 Å². The molecule has 3 rings (SSSR count). The van der Waals surface area contributed by atoms with Crippen molar-refractivity contribution in [2.24, 2.45) is 0 Å². The number of halogens is 1. The van der Waals surface area contributed by atoms with Crippen molar-refractivity contribution in [2.75, 3.05) is 25.1 Å². The van der Waals surface area contributed by atoms with Gasteiger partial charge in [-0.15, -0.1) is 0 Å². The van der Waals surface area contributed by atoms with Crippen LogP contribution in [0, 0.1) is 6.92 Å². The van der Waals surface area contributed by atoms with Crippen molar-refractivity contribution >= 4 is 29.2 Å². The quantitative estimate of drug-likeness (QED) is 0.752. The lowest BCUT2D eigenvalue weighted by molar-refractivity contribution is -0.119. The number of carbonyl (C=O) groups is 2. The fourth-order valence-electron chi connectivity index (χ4n) is 2.96. The zero-order valence-electron chi connectivity index (χ0n) is 16.0. The lowest BCUT2D eigenvalue weighted by Gasteiger charge is -2.20. The number of carbonyl (C=O) groups excluding carboxylic acids is 2. The number of aryl methyl sites for hydroxylation is 1. The van der Waals surface area contributed by atoms with E-state index in [2.05, 4.69) is 19.2 Å². The molecule has 0 unspecified atom stereocenters. The normalized spacial score (nSPS) is 12.6. The SMILES string of the molecule is Cc1cccc(C(C)C)c1NC(=O)COC(=O)c1cc(Cl)c2c(c1)OCCO2. The Morgan fingerprint density at radius 1 is 1.21 bits per heavy atom. The van der Waals surface area contributed by atoms with Crippen LogP contribution < -0.4 is 14.8 Å². The third-order valence-electron chi connectivity index (χ3n) is 4.36. The van der Waals surface area contributed by atoms with E-state index < -0.39 is 18.5 Å². The number of hydrogen-bond acceptors (Lipinski definition) is 5. The molecule has 1 amide bonds. The van der Waals surface area contributed by atoms with Crippen molar-refractivity contribution in [3.63, 3.8) is 0 Å². The fraction of sp³-hybridized carbons (Fsp3) is 0.333. The number of esters is 1. The molecule has 1 N–H and O–H groups in total. The van der Waals surface area contributed by atoms with Gasteiger partial charge in [-0.3, -0.25) is 4.79 Å². The van der Waals surface area contributed by atoms with E-state index in [1.807, 2.05) is 25.1 Å². The predicted molar refractivity (Wildman–Crippen MR) is 107 cm³/mol. The first-order chi connectivity index (χ1) is 13.4. The molecule has 28 heavy (non-hydrogen) atoms. The topological polar surface area (TPSA) is 73.9 Å². The molecule has 7 heteroatoms. The third-order valence-corrected chi connectivity index (χ3v) is 4.64. The molecule has 2 aromatic carbocycles. The fourth-order valence-corrected chi connectivity index (χ4v) is 3.23. The van der Waals surface area contributed by atoms with Crippen LogP contribution in [-0.2, 0) is 9.53 Å². The maximum atomic E-state index is 12.3. The van der Waals surface area contributed by atoms with Gasteiger partial charge in [0, 0.05) is 5.69 Å². The van der Waals surface area contributed by atoms with Crippen molar-refractivity contribution in [3.8, 4) is 11.5 Å². The maximum absolute atomic E-state index is 12.3. The van der Waals surface area contributed by atoms with E-state index in [0.29, 0.717) is 24.7 Å². The molecule has 0 bridgehead atoms. The standard InChI is InChI=1S/C21H22ClNO5/c1-12(2)15-6-4-5-13(3)19(15)23-18(24)11-28-21(25)14-9-16(22)20-17(10-14)26-7-8-27-20/h4-6,9-10,12H,7-8,11H2,1-3H3,(H,23,24). The van der Waals surface area contributed by atoms with Gasteiger partial charge in [-0.05, 0) is 36.1 Å². The monoisotopic (exact) mass is 403 g/mol. The minimum Gasteiger partial charge on any atom is -0.486 e. The van der Waals surface area contributed by atoms with E-state index in [1.165, 1.54) is 12.1 Å². The second-order valence-electron chi connectivity index (χ2n) is 6.80. The molecular formula is C21H22ClNO5. The van der Waals surface area contributed by atoms with Gasteiger partial charge >= 0.3 is 5.97 Å². The van der Waals surface area contributed by atoms with Gasteiger partial charge in [0.15, 0.2) is 18.1 Å². The zero-order chi connectivity index (χ0) is 20.3. The highest BCUT2D eigenvalue weighted by Gasteiger charge is 2.21. The van der Waals surface area contributed by atoms with Crippen molar-refractivity contribution in [1.29, 1.82) is 0 Å². The van der Waals surface area contributed by atoms with Crippen molar-refractivity contribution < 1.29 is 23.8 Å². The summed E-state index contributed by atoms with van der Waals surface area (Å²) in [6, 6.07) is 8.78. The van der Waals surface area contributed by atoms with E-state index in [9.17, 15) is 9.59 Å². The first kappa shape index (κ1) is 20.0. The molecular weight excluding hydrogens is 382 g/mol. The molecule has 1 heterocycles. The molecule has 0 atom stereocenters.